The minimum Gasteiger partial charge on any atom is -0.384 e. The van der Waals surface area contributed by atoms with Crippen LogP contribution in [0.15, 0.2) is 54.6 Å². The van der Waals surface area contributed by atoms with Crippen LogP contribution < -0.4 is 5.32 Å². The van der Waals surface area contributed by atoms with Gasteiger partial charge in [0.15, 0.2) is 5.82 Å². The first-order valence-corrected chi connectivity index (χ1v) is 8.32. The molecular formula is C19H23N5. The molecule has 0 radical (unpaired) electrons. The van der Waals surface area contributed by atoms with E-state index in [2.05, 4.69) is 78.0 Å². The maximum absolute atomic E-state index is 4.17. The van der Waals surface area contributed by atoms with E-state index < -0.39 is 0 Å². The van der Waals surface area contributed by atoms with Gasteiger partial charge in [0.05, 0.1) is 6.04 Å². The summed E-state index contributed by atoms with van der Waals surface area (Å²) in [4.78, 5) is 0. The summed E-state index contributed by atoms with van der Waals surface area (Å²) >= 11 is 0. The zero-order valence-electron chi connectivity index (χ0n) is 14.3. The number of hydrogen-bond acceptors (Lipinski definition) is 4. The predicted molar refractivity (Wildman–Crippen MR) is 97.0 cm³/mol. The van der Waals surface area contributed by atoms with E-state index in [0.29, 0.717) is 5.92 Å². The zero-order valence-corrected chi connectivity index (χ0v) is 14.3. The van der Waals surface area contributed by atoms with E-state index in [4.69, 9.17) is 0 Å². The van der Waals surface area contributed by atoms with Crippen molar-refractivity contribution in [2.75, 3.05) is 11.9 Å². The highest BCUT2D eigenvalue weighted by Gasteiger charge is 2.12. The molecule has 2 aromatic carbocycles. The van der Waals surface area contributed by atoms with Gasteiger partial charge >= 0.3 is 0 Å². The molecule has 0 aliphatic carbocycles. The van der Waals surface area contributed by atoms with Crippen LogP contribution in [0, 0.1) is 0 Å². The molecule has 1 heterocycles. The summed E-state index contributed by atoms with van der Waals surface area (Å²) in [6.45, 7) is 7.25. The van der Waals surface area contributed by atoms with Crippen molar-refractivity contribution in [3.8, 4) is 11.4 Å². The number of nitrogens with one attached hydrogen (secondary N) is 1. The summed E-state index contributed by atoms with van der Waals surface area (Å²) in [6.07, 6.45) is 0. The van der Waals surface area contributed by atoms with E-state index in [1.165, 1.54) is 5.56 Å². The molecule has 0 aliphatic rings. The second-order valence-corrected chi connectivity index (χ2v) is 6.31. The summed E-state index contributed by atoms with van der Waals surface area (Å²) in [6, 6.07) is 19.0. The van der Waals surface area contributed by atoms with E-state index in [1.54, 1.807) is 0 Å². The third kappa shape index (κ3) is 3.62. The van der Waals surface area contributed by atoms with Gasteiger partial charge < -0.3 is 5.32 Å². The Balaban J connectivity index is 1.73. The minimum absolute atomic E-state index is 0.227. The molecule has 5 heteroatoms. The largest absolute Gasteiger partial charge is 0.384 e. The second kappa shape index (κ2) is 7.25. The van der Waals surface area contributed by atoms with Crippen molar-refractivity contribution >= 4 is 5.69 Å². The highest BCUT2D eigenvalue weighted by Crippen LogP contribution is 2.23. The monoisotopic (exact) mass is 321 g/mol. The second-order valence-electron chi connectivity index (χ2n) is 6.31. The van der Waals surface area contributed by atoms with Crippen LogP contribution in [0.3, 0.4) is 0 Å². The summed E-state index contributed by atoms with van der Waals surface area (Å²) in [5.74, 6) is 1.24. The quantitative estimate of drug-likeness (QED) is 0.741. The van der Waals surface area contributed by atoms with E-state index in [1.807, 2.05) is 22.9 Å². The molecule has 124 valence electrons. The number of anilines is 1. The van der Waals surface area contributed by atoms with E-state index >= 15 is 0 Å². The Hall–Kier alpha value is -2.69. The molecule has 1 atom stereocenters. The van der Waals surface area contributed by atoms with E-state index in [0.717, 1.165) is 23.6 Å². The summed E-state index contributed by atoms with van der Waals surface area (Å²) < 4.78 is 1.84. The Morgan fingerprint density at radius 3 is 2.54 bits per heavy atom. The normalized spacial score (nSPS) is 12.3. The van der Waals surface area contributed by atoms with E-state index in [-0.39, 0.29) is 6.04 Å². The summed E-state index contributed by atoms with van der Waals surface area (Å²) in [5.41, 5.74) is 3.43. The molecule has 0 spiro atoms. The fourth-order valence-corrected chi connectivity index (χ4v) is 2.67. The number of benzene rings is 2. The van der Waals surface area contributed by atoms with Gasteiger partial charge in [-0.1, -0.05) is 49.4 Å². The standard InChI is InChI=1S/C19H23N5/c1-14(2)24-19(21-22-23-24)17-10-7-11-18(12-17)20-13-15(3)16-8-5-4-6-9-16/h4-12,14-15,20H,13H2,1-3H3. The van der Waals surface area contributed by atoms with Crippen molar-refractivity contribution in [2.24, 2.45) is 0 Å². The third-order valence-electron chi connectivity index (χ3n) is 4.08. The first kappa shape index (κ1) is 16.2. The molecule has 1 N–H and O–H groups in total. The molecule has 3 aromatic rings. The Kier molecular flexibility index (Phi) is 4.89. The predicted octanol–water partition coefficient (Wildman–Crippen LogP) is 4.14. The average Bonchev–Trinajstić information content (AvgIpc) is 3.11. The first-order valence-electron chi connectivity index (χ1n) is 8.32. The number of nitrogens with zero attached hydrogens (tertiary/aromatic N) is 4. The van der Waals surface area contributed by atoms with Gasteiger partial charge in [-0.05, 0) is 47.9 Å². The third-order valence-corrected chi connectivity index (χ3v) is 4.08. The number of hydrogen-bond donors (Lipinski definition) is 1. The Morgan fingerprint density at radius 2 is 1.79 bits per heavy atom. The number of tetrazole rings is 1. The Morgan fingerprint density at radius 1 is 1.00 bits per heavy atom. The molecule has 0 amide bonds. The minimum atomic E-state index is 0.227. The zero-order chi connectivity index (χ0) is 16.9. The number of aromatic nitrogens is 4. The van der Waals surface area contributed by atoms with Crippen LogP contribution in [-0.2, 0) is 0 Å². The highest BCUT2D eigenvalue weighted by atomic mass is 15.5. The smallest absolute Gasteiger partial charge is 0.182 e. The van der Waals surface area contributed by atoms with Gasteiger partial charge in [-0.25, -0.2) is 4.68 Å². The Labute approximate surface area is 142 Å². The molecule has 5 nitrogen and oxygen atoms in total. The lowest BCUT2D eigenvalue weighted by molar-refractivity contribution is 0.519. The molecule has 3 rings (SSSR count). The lowest BCUT2D eigenvalue weighted by atomic mass is 10.0. The van der Waals surface area contributed by atoms with Crippen LogP contribution >= 0.6 is 0 Å². The molecule has 0 saturated carbocycles. The van der Waals surface area contributed by atoms with Crippen molar-refractivity contribution in [1.29, 1.82) is 0 Å². The van der Waals surface area contributed by atoms with Gasteiger partial charge in [0.2, 0.25) is 0 Å². The van der Waals surface area contributed by atoms with Crippen LogP contribution in [-0.4, -0.2) is 26.8 Å². The molecule has 0 saturated heterocycles. The molecule has 1 aromatic heterocycles. The van der Waals surface area contributed by atoms with Crippen LogP contribution in [0.5, 0.6) is 0 Å². The lowest BCUT2D eigenvalue weighted by Crippen LogP contribution is -2.10. The molecule has 0 aliphatic heterocycles. The van der Waals surface area contributed by atoms with Crippen LogP contribution in [0.25, 0.3) is 11.4 Å². The molecule has 0 bridgehead atoms. The summed E-state index contributed by atoms with van der Waals surface area (Å²) in [5, 5.41) is 15.6. The molecule has 24 heavy (non-hydrogen) atoms. The first-order chi connectivity index (χ1) is 11.6. The highest BCUT2D eigenvalue weighted by molar-refractivity contribution is 5.62. The van der Waals surface area contributed by atoms with Gasteiger partial charge in [0, 0.05) is 17.8 Å². The van der Waals surface area contributed by atoms with E-state index in [9.17, 15) is 0 Å². The van der Waals surface area contributed by atoms with Gasteiger partial charge in [0.25, 0.3) is 0 Å². The maximum atomic E-state index is 4.17. The van der Waals surface area contributed by atoms with Crippen LogP contribution in [0.4, 0.5) is 5.69 Å². The molecule has 0 fully saturated rings. The summed E-state index contributed by atoms with van der Waals surface area (Å²) in [7, 11) is 0. The topological polar surface area (TPSA) is 55.6 Å². The average molecular weight is 321 g/mol. The molecule has 1 unspecified atom stereocenters. The van der Waals surface area contributed by atoms with Crippen LogP contribution in [0.1, 0.15) is 38.3 Å². The van der Waals surface area contributed by atoms with Crippen molar-refractivity contribution in [2.45, 2.75) is 32.7 Å². The Bertz CT molecular complexity index is 779. The van der Waals surface area contributed by atoms with Crippen molar-refractivity contribution in [1.82, 2.24) is 20.2 Å². The lowest BCUT2D eigenvalue weighted by Gasteiger charge is -2.15. The fourth-order valence-electron chi connectivity index (χ4n) is 2.67. The fraction of sp³-hybridized carbons (Fsp3) is 0.316. The van der Waals surface area contributed by atoms with Gasteiger partial charge in [-0.15, -0.1) is 5.10 Å². The van der Waals surface area contributed by atoms with Gasteiger partial charge in [-0.2, -0.15) is 0 Å². The van der Waals surface area contributed by atoms with Gasteiger partial charge in [0.1, 0.15) is 0 Å². The van der Waals surface area contributed by atoms with Crippen molar-refractivity contribution < 1.29 is 0 Å². The molecular weight excluding hydrogens is 298 g/mol. The van der Waals surface area contributed by atoms with Crippen LogP contribution in [0.2, 0.25) is 0 Å². The SMILES string of the molecule is CC(CNc1cccc(-c2nnnn2C(C)C)c1)c1ccccc1. The maximum Gasteiger partial charge on any atom is 0.182 e. The van der Waals surface area contributed by atoms with Crippen molar-refractivity contribution in [3.63, 3.8) is 0 Å². The van der Waals surface area contributed by atoms with Crippen molar-refractivity contribution in [3.05, 3.63) is 60.2 Å². The number of rotatable bonds is 6. The van der Waals surface area contributed by atoms with Gasteiger partial charge in [-0.3, -0.25) is 0 Å².